The Morgan fingerprint density at radius 1 is 0.960 bits per heavy atom. The maximum Gasteiger partial charge on any atom is 0.258 e. The van der Waals surface area contributed by atoms with E-state index in [0.29, 0.717) is 23.2 Å². The van der Waals surface area contributed by atoms with Crippen LogP contribution in [0.2, 0.25) is 16.6 Å². The molecule has 0 N–H and O–H groups in total. The lowest BCUT2D eigenvalue weighted by molar-refractivity contribution is -0.168. The van der Waals surface area contributed by atoms with Gasteiger partial charge in [-0.05, 0) is 53.6 Å². The van der Waals surface area contributed by atoms with Gasteiger partial charge in [-0.2, -0.15) is 0 Å². The fraction of sp³-hybridized carbons (Fsp3) is 0.714. The molecule has 1 aliphatic heterocycles. The standard InChI is InChI=1S/C21H36O3Si/c1-16(2)25(17(3)4,18(5)6)24-20-12-10-19(11-13-20)15-23-21-9-7-8-14-22-21/h10-13,16-18,21H,7-9,14-15H2,1-6H3. The molecule has 0 amide bonds. The lowest BCUT2D eigenvalue weighted by atomic mass is 10.2. The average Bonchev–Trinajstić information content (AvgIpc) is 2.59. The maximum atomic E-state index is 6.71. The van der Waals surface area contributed by atoms with E-state index in [1.807, 2.05) is 0 Å². The van der Waals surface area contributed by atoms with Crippen molar-refractivity contribution < 1.29 is 13.9 Å². The van der Waals surface area contributed by atoms with Gasteiger partial charge in [0.25, 0.3) is 8.32 Å². The third-order valence-corrected chi connectivity index (χ3v) is 11.5. The molecule has 1 aromatic carbocycles. The largest absolute Gasteiger partial charge is 0.543 e. The lowest BCUT2D eigenvalue weighted by Crippen LogP contribution is -2.50. The normalized spacial score (nSPS) is 19.0. The third kappa shape index (κ3) is 5.08. The number of hydrogen-bond acceptors (Lipinski definition) is 3. The summed E-state index contributed by atoms with van der Waals surface area (Å²) in [7, 11) is -1.88. The van der Waals surface area contributed by atoms with Gasteiger partial charge < -0.3 is 13.9 Å². The summed E-state index contributed by atoms with van der Waals surface area (Å²) in [5.41, 5.74) is 2.92. The van der Waals surface area contributed by atoms with Crippen molar-refractivity contribution in [1.82, 2.24) is 0 Å². The summed E-state index contributed by atoms with van der Waals surface area (Å²) in [6.45, 7) is 15.3. The van der Waals surface area contributed by atoms with E-state index in [-0.39, 0.29) is 6.29 Å². The van der Waals surface area contributed by atoms with Gasteiger partial charge in [0.2, 0.25) is 0 Å². The minimum absolute atomic E-state index is 0.0347. The van der Waals surface area contributed by atoms with Gasteiger partial charge in [-0.3, -0.25) is 0 Å². The van der Waals surface area contributed by atoms with E-state index in [2.05, 4.69) is 65.8 Å². The number of hydrogen-bond donors (Lipinski definition) is 0. The van der Waals surface area contributed by atoms with E-state index in [1.165, 1.54) is 12.0 Å². The van der Waals surface area contributed by atoms with Gasteiger partial charge in [-0.15, -0.1) is 0 Å². The van der Waals surface area contributed by atoms with E-state index in [4.69, 9.17) is 13.9 Å². The van der Waals surface area contributed by atoms with Crippen molar-refractivity contribution in [3.63, 3.8) is 0 Å². The molecular weight excluding hydrogens is 328 g/mol. The van der Waals surface area contributed by atoms with Crippen LogP contribution in [0.1, 0.15) is 66.4 Å². The van der Waals surface area contributed by atoms with Crippen LogP contribution in [0, 0.1) is 0 Å². The summed E-state index contributed by atoms with van der Waals surface area (Å²) in [6.07, 6.45) is 3.32. The molecule has 0 bridgehead atoms. The van der Waals surface area contributed by atoms with Crippen molar-refractivity contribution in [1.29, 1.82) is 0 Å². The maximum absolute atomic E-state index is 6.71. The molecule has 0 spiro atoms. The van der Waals surface area contributed by atoms with Crippen molar-refractivity contribution in [2.24, 2.45) is 0 Å². The first-order valence-corrected chi connectivity index (χ1v) is 12.0. The van der Waals surface area contributed by atoms with Crippen LogP contribution in [0.25, 0.3) is 0 Å². The van der Waals surface area contributed by atoms with E-state index in [1.54, 1.807) is 0 Å². The molecule has 1 unspecified atom stereocenters. The Hall–Kier alpha value is -0.843. The third-order valence-electron chi connectivity index (χ3n) is 5.50. The highest BCUT2D eigenvalue weighted by Gasteiger charge is 2.46. The molecule has 3 nitrogen and oxygen atoms in total. The Morgan fingerprint density at radius 3 is 2.04 bits per heavy atom. The molecule has 2 rings (SSSR count). The molecule has 1 heterocycles. The van der Waals surface area contributed by atoms with Crippen LogP contribution < -0.4 is 4.43 Å². The van der Waals surface area contributed by atoms with Crippen LogP contribution in [0.3, 0.4) is 0 Å². The minimum Gasteiger partial charge on any atom is -0.543 e. The molecule has 0 saturated carbocycles. The molecule has 4 heteroatoms. The Kier molecular flexibility index (Phi) is 7.53. The zero-order valence-electron chi connectivity index (χ0n) is 16.9. The van der Waals surface area contributed by atoms with Crippen molar-refractivity contribution in [2.45, 2.75) is 90.3 Å². The summed E-state index contributed by atoms with van der Waals surface area (Å²) in [4.78, 5) is 0. The monoisotopic (exact) mass is 364 g/mol. The van der Waals surface area contributed by atoms with E-state index >= 15 is 0 Å². The van der Waals surface area contributed by atoms with Crippen LogP contribution in [0.15, 0.2) is 24.3 Å². The van der Waals surface area contributed by atoms with Gasteiger partial charge in [0.05, 0.1) is 6.61 Å². The smallest absolute Gasteiger partial charge is 0.258 e. The van der Waals surface area contributed by atoms with Crippen molar-refractivity contribution in [3.05, 3.63) is 29.8 Å². The topological polar surface area (TPSA) is 27.7 Å². The lowest BCUT2D eigenvalue weighted by Gasteiger charge is -2.42. The first kappa shape index (κ1) is 20.5. The molecule has 1 aromatic rings. The summed E-state index contributed by atoms with van der Waals surface area (Å²) < 4.78 is 18.2. The van der Waals surface area contributed by atoms with Crippen molar-refractivity contribution in [3.8, 4) is 5.75 Å². The van der Waals surface area contributed by atoms with Crippen LogP contribution in [-0.4, -0.2) is 21.2 Å². The molecule has 0 aromatic heterocycles. The second-order valence-electron chi connectivity index (χ2n) is 8.17. The predicted molar refractivity (Wildman–Crippen MR) is 106 cm³/mol. The molecule has 1 saturated heterocycles. The molecule has 1 aliphatic rings. The molecular formula is C21H36O3Si. The number of rotatable bonds is 8. The van der Waals surface area contributed by atoms with Gasteiger partial charge in [-0.25, -0.2) is 0 Å². The zero-order valence-corrected chi connectivity index (χ0v) is 17.9. The fourth-order valence-corrected chi connectivity index (χ4v) is 9.49. The predicted octanol–water partition coefficient (Wildman–Crippen LogP) is 6.28. The van der Waals surface area contributed by atoms with Crippen molar-refractivity contribution >= 4 is 8.32 Å². The summed E-state index contributed by atoms with van der Waals surface area (Å²) in [5.74, 6) is 1.00. The van der Waals surface area contributed by atoms with Crippen molar-refractivity contribution in [2.75, 3.05) is 6.61 Å². The fourth-order valence-electron chi connectivity index (χ4n) is 4.24. The molecule has 1 fully saturated rings. The Labute approximate surface area is 155 Å². The highest BCUT2D eigenvalue weighted by Crippen LogP contribution is 2.42. The van der Waals surface area contributed by atoms with E-state index in [0.717, 1.165) is 25.2 Å². The first-order valence-electron chi connectivity index (χ1n) is 9.87. The summed E-state index contributed by atoms with van der Waals surface area (Å²) in [5, 5.41) is 0. The van der Waals surface area contributed by atoms with Crippen LogP contribution in [0.4, 0.5) is 0 Å². The van der Waals surface area contributed by atoms with Gasteiger partial charge >= 0.3 is 0 Å². The van der Waals surface area contributed by atoms with E-state index < -0.39 is 8.32 Å². The SMILES string of the molecule is CC(C)[Si](Oc1ccc(COC2CCCCO2)cc1)(C(C)C)C(C)C. The zero-order chi connectivity index (χ0) is 18.4. The highest BCUT2D eigenvalue weighted by molar-refractivity contribution is 6.78. The van der Waals surface area contributed by atoms with Gasteiger partial charge in [0, 0.05) is 6.61 Å². The molecule has 142 valence electrons. The summed E-state index contributed by atoms with van der Waals surface area (Å²) in [6, 6.07) is 8.46. The second-order valence-corrected chi connectivity index (χ2v) is 13.5. The highest BCUT2D eigenvalue weighted by atomic mass is 28.4. The quantitative estimate of drug-likeness (QED) is 0.508. The Balaban J connectivity index is 2.00. The average molecular weight is 365 g/mol. The molecule has 0 aliphatic carbocycles. The van der Waals surface area contributed by atoms with Gasteiger partial charge in [0.1, 0.15) is 5.75 Å². The second kappa shape index (κ2) is 9.20. The first-order chi connectivity index (χ1) is 11.9. The number of ether oxygens (including phenoxy) is 2. The van der Waals surface area contributed by atoms with E-state index in [9.17, 15) is 0 Å². The summed E-state index contributed by atoms with van der Waals surface area (Å²) >= 11 is 0. The van der Waals surface area contributed by atoms with Crippen LogP contribution >= 0.6 is 0 Å². The van der Waals surface area contributed by atoms with Gasteiger partial charge in [0.15, 0.2) is 6.29 Å². The Bertz CT molecular complexity index is 483. The minimum atomic E-state index is -1.88. The van der Waals surface area contributed by atoms with Crippen LogP contribution in [-0.2, 0) is 16.1 Å². The van der Waals surface area contributed by atoms with Gasteiger partial charge in [-0.1, -0.05) is 53.7 Å². The Morgan fingerprint density at radius 2 is 1.56 bits per heavy atom. The molecule has 0 radical (unpaired) electrons. The molecule has 1 atom stereocenters. The molecule has 25 heavy (non-hydrogen) atoms. The van der Waals surface area contributed by atoms with Crippen LogP contribution in [0.5, 0.6) is 5.75 Å². The number of benzene rings is 1.